The van der Waals surface area contributed by atoms with E-state index in [1.165, 1.54) is 0 Å². The van der Waals surface area contributed by atoms with Gasteiger partial charge in [-0.25, -0.2) is 4.98 Å². The van der Waals surface area contributed by atoms with Crippen LogP contribution in [0.25, 0.3) is 0 Å². The highest BCUT2D eigenvalue weighted by molar-refractivity contribution is 6.31. The second kappa shape index (κ2) is 4.80. The number of benzene rings is 1. The highest BCUT2D eigenvalue weighted by Crippen LogP contribution is 2.28. The Hall–Kier alpha value is -1.48. The minimum atomic E-state index is 0.160. The molecule has 17 heavy (non-hydrogen) atoms. The van der Waals surface area contributed by atoms with E-state index in [2.05, 4.69) is 21.8 Å². The van der Waals surface area contributed by atoms with E-state index in [4.69, 9.17) is 11.6 Å². The van der Waals surface area contributed by atoms with Crippen molar-refractivity contribution in [2.45, 2.75) is 19.9 Å². The monoisotopic (exact) mass is 249 g/mol. The lowest BCUT2D eigenvalue weighted by Crippen LogP contribution is -2.09. The fourth-order valence-electron chi connectivity index (χ4n) is 1.96. The summed E-state index contributed by atoms with van der Waals surface area (Å²) < 4.78 is 2.09. The predicted molar refractivity (Wildman–Crippen MR) is 71.8 cm³/mol. The minimum Gasteiger partial charge on any atom is -0.359 e. The molecule has 1 atom stereocenters. The quantitative estimate of drug-likeness (QED) is 0.902. The Bertz CT molecular complexity index is 519. The summed E-state index contributed by atoms with van der Waals surface area (Å²) in [6, 6.07) is 8.06. The van der Waals surface area contributed by atoms with E-state index in [0.717, 1.165) is 22.2 Å². The van der Waals surface area contributed by atoms with Crippen molar-refractivity contribution in [1.82, 2.24) is 9.55 Å². The standard InChI is InChI=1S/C13H16ClN3/c1-9-8-17(13(15-3)16-9)10(2)11-6-4-5-7-12(11)14/h4-8,10H,1-3H3,(H,15,16). The molecule has 0 radical (unpaired) electrons. The first-order valence-electron chi connectivity index (χ1n) is 5.61. The Morgan fingerprint density at radius 2 is 2.06 bits per heavy atom. The molecular formula is C13H16ClN3. The number of nitrogens with one attached hydrogen (secondary N) is 1. The average Bonchev–Trinajstić information content (AvgIpc) is 2.70. The van der Waals surface area contributed by atoms with Crippen LogP contribution in [-0.2, 0) is 0 Å². The van der Waals surface area contributed by atoms with Crippen molar-refractivity contribution in [3.63, 3.8) is 0 Å². The molecule has 0 saturated carbocycles. The van der Waals surface area contributed by atoms with Crippen LogP contribution in [0.15, 0.2) is 30.5 Å². The highest BCUT2D eigenvalue weighted by Gasteiger charge is 2.14. The molecule has 0 aliphatic carbocycles. The zero-order valence-corrected chi connectivity index (χ0v) is 11.0. The average molecular weight is 250 g/mol. The van der Waals surface area contributed by atoms with E-state index in [9.17, 15) is 0 Å². The third-order valence-electron chi connectivity index (χ3n) is 2.85. The lowest BCUT2D eigenvalue weighted by molar-refractivity contribution is 0.645. The molecule has 1 aromatic heterocycles. The molecular weight excluding hydrogens is 234 g/mol. The van der Waals surface area contributed by atoms with E-state index in [-0.39, 0.29) is 6.04 Å². The normalized spacial score (nSPS) is 12.5. The Balaban J connectivity index is 2.43. The lowest BCUT2D eigenvalue weighted by atomic mass is 10.1. The van der Waals surface area contributed by atoms with Gasteiger partial charge in [-0.15, -0.1) is 0 Å². The highest BCUT2D eigenvalue weighted by atomic mass is 35.5. The Labute approximate surface area is 106 Å². The molecule has 0 aliphatic heterocycles. The number of aromatic nitrogens is 2. The fraction of sp³-hybridized carbons (Fsp3) is 0.308. The van der Waals surface area contributed by atoms with Gasteiger partial charge in [0.2, 0.25) is 5.95 Å². The Kier molecular flexibility index (Phi) is 3.38. The summed E-state index contributed by atoms with van der Waals surface area (Å²) in [6.07, 6.45) is 2.03. The van der Waals surface area contributed by atoms with Crippen molar-refractivity contribution >= 4 is 17.5 Å². The van der Waals surface area contributed by atoms with Crippen molar-refractivity contribution < 1.29 is 0 Å². The van der Waals surface area contributed by atoms with Gasteiger partial charge in [-0.1, -0.05) is 29.8 Å². The number of rotatable bonds is 3. The van der Waals surface area contributed by atoms with Crippen LogP contribution in [0.4, 0.5) is 5.95 Å². The summed E-state index contributed by atoms with van der Waals surface area (Å²) in [5, 5.41) is 3.88. The van der Waals surface area contributed by atoms with Crippen LogP contribution < -0.4 is 5.32 Å². The van der Waals surface area contributed by atoms with Crippen LogP contribution in [0.2, 0.25) is 5.02 Å². The van der Waals surface area contributed by atoms with Crippen LogP contribution >= 0.6 is 11.6 Å². The van der Waals surface area contributed by atoms with Gasteiger partial charge in [-0.05, 0) is 25.5 Å². The molecule has 90 valence electrons. The van der Waals surface area contributed by atoms with E-state index >= 15 is 0 Å². The van der Waals surface area contributed by atoms with Crippen molar-refractivity contribution in [2.24, 2.45) is 0 Å². The molecule has 1 heterocycles. The van der Waals surface area contributed by atoms with Crippen molar-refractivity contribution in [3.05, 3.63) is 46.7 Å². The van der Waals surface area contributed by atoms with Gasteiger partial charge in [0, 0.05) is 18.3 Å². The first-order valence-corrected chi connectivity index (χ1v) is 5.99. The molecule has 1 unspecified atom stereocenters. The molecule has 0 spiro atoms. The number of nitrogens with zero attached hydrogens (tertiary/aromatic N) is 2. The van der Waals surface area contributed by atoms with Gasteiger partial charge in [-0.2, -0.15) is 0 Å². The van der Waals surface area contributed by atoms with E-state index in [1.54, 1.807) is 0 Å². The largest absolute Gasteiger partial charge is 0.359 e. The summed E-state index contributed by atoms with van der Waals surface area (Å²) in [7, 11) is 1.87. The van der Waals surface area contributed by atoms with E-state index in [1.807, 2.05) is 44.4 Å². The molecule has 0 fully saturated rings. The molecule has 0 saturated heterocycles. The van der Waals surface area contributed by atoms with E-state index in [0.29, 0.717) is 0 Å². The number of halogens is 1. The molecule has 1 aromatic carbocycles. The zero-order valence-electron chi connectivity index (χ0n) is 10.2. The summed E-state index contributed by atoms with van der Waals surface area (Å²) in [6.45, 7) is 4.10. The van der Waals surface area contributed by atoms with Crippen LogP contribution in [0, 0.1) is 6.92 Å². The Morgan fingerprint density at radius 1 is 1.35 bits per heavy atom. The van der Waals surface area contributed by atoms with Gasteiger partial charge in [0.15, 0.2) is 0 Å². The number of anilines is 1. The van der Waals surface area contributed by atoms with Crippen molar-refractivity contribution in [3.8, 4) is 0 Å². The van der Waals surface area contributed by atoms with Gasteiger partial charge in [0.05, 0.1) is 11.7 Å². The molecule has 0 aliphatic rings. The summed E-state index contributed by atoms with van der Waals surface area (Å²) in [5.74, 6) is 0.856. The minimum absolute atomic E-state index is 0.160. The maximum absolute atomic E-state index is 6.22. The zero-order chi connectivity index (χ0) is 12.4. The molecule has 0 amide bonds. The maximum Gasteiger partial charge on any atom is 0.203 e. The number of hydrogen-bond donors (Lipinski definition) is 1. The summed E-state index contributed by atoms with van der Waals surface area (Å²) in [5.41, 5.74) is 2.09. The smallest absolute Gasteiger partial charge is 0.203 e. The molecule has 0 bridgehead atoms. The summed E-state index contributed by atoms with van der Waals surface area (Å²) >= 11 is 6.22. The molecule has 2 aromatic rings. The van der Waals surface area contributed by atoms with Gasteiger partial charge in [-0.3, -0.25) is 0 Å². The van der Waals surface area contributed by atoms with Gasteiger partial charge in [0.1, 0.15) is 0 Å². The number of aryl methyl sites for hydroxylation is 1. The van der Waals surface area contributed by atoms with Crippen LogP contribution in [0.5, 0.6) is 0 Å². The number of imidazole rings is 1. The third-order valence-corrected chi connectivity index (χ3v) is 3.19. The fourth-order valence-corrected chi connectivity index (χ4v) is 2.25. The lowest BCUT2D eigenvalue weighted by Gasteiger charge is -2.17. The predicted octanol–water partition coefficient (Wildman–Crippen LogP) is 3.50. The van der Waals surface area contributed by atoms with Crippen LogP contribution in [0.3, 0.4) is 0 Å². The maximum atomic E-state index is 6.22. The first kappa shape index (κ1) is 12.0. The molecule has 3 nitrogen and oxygen atoms in total. The first-order chi connectivity index (χ1) is 8.13. The molecule has 4 heteroatoms. The van der Waals surface area contributed by atoms with Gasteiger partial charge >= 0.3 is 0 Å². The van der Waals surface area contributed by atoms with E-state index < -0.39 is 0 Å². The summed E-state index contributed by atoms with van der Waals surface area (Å²) in [4.78, 5) is 4.41. The second-order valence-electron chi connectivity index (χ2n) is 4.06. The number of hydrogen-bond acceptors (Lipinski definition) is 2. The molecule has 1 N–H and O–H groups in total. The van der Waals surface area contributed by atoms with Crippen molar-refractivity contribution in [1.29, 1.82) is 0 Å². The van der Waals surface area contributed by atoms with Crippen molar-refractivity contribution in [2.75, 3.05) is 12.4 Å². The molecule has 2 rings (SSSR count). The Morgan fingerprint density at radius 3 is 2.71 bits per heavy atom. The van der Waals surface area contributed by atoms with Gasteiger partial charge in [0.25, 0.3) is 0 Å². The van der Waals surface area contributed by atoms with Crippen LogP contribution in [0.1, 0.15) is 24.2 Å². The van der Waals surface area contributed by atoms with Gasteiger partial charge < -0.3 is 9.88 Å². The topological polar surface area (TPSA) is 29.9 Å². The SMILES string of the molecule is CNc1nc(C)cn1C(C)c1ccccc1Cl. The van der Waals surface area contributed by atoms with Crippen LogP contribution in [-0.4, -0.2) is 16.6 Å². The third kappa shape index (κ3) is 2.29. The second-order valence-corrected chi connectivity index (χ2v) is 4.47.